The lowest BCUT2D eigenvalue weighted by Gasteiger charge is -2.09. The van der Waals surface area contributed by atoms with Crippen LogP contribution >= 0.6 is 0 Å². The third-order valence-electron chi connectivity index (χ3n) is 4.89. The van der Waals surface area contributed by atoms with E-state index in [-0.39, 0.29) is 18.4 Å². The molecule has 0 aliphatic carbocycles. The Hall–Kier alpha value is -3.93. The smallest absolute Gasteiger partial charge is 0.251 e. The lowest BCUT2D eigenvalue weighted by molar-refractivity contribution is -0.115. The standard InChI is InChI=1S/C24H22N4O2/c1-2-28-21-11-7-6-10-20(21)26-24(28)27-22(29)16-25-23(30)19-14-12-18(13-15-19)17-8-4-3-5-9-17/h3-15H,2,16H2,1H3,(H,25,30)(H,26,27,29). The van der Waals surface area contributed by atoms with Gasteiger partial charge in [-0.15, -0.1) is 0 Å². The summed E-state index contributed by atoms with van der Waals surface area (Å²) in [7, 11) is 0. The number of nitrogens with zero attached hydrogens (tertiary/aromatic N) is 2. The van der Waals surface area contributed by atoms with Crippen LogP contribution in [0.15, 0.2) is 78.9 Å². The zero-order chi connectivity index (χ0) is 20.9. The SMILES string of the molecule is CCn1c(NC(=O)CNC(=O)c2ccc(-c3ccccc3)cc2)nc2ccccc21. The number of aromatic nitrogens is 2. The molecule has 0 radical (unpaired) electrons. The molecule has 0 atom stereocenters. The van der Waals surface area contributed by atoms with Gasteiger partial charge in [0.05, 0.1) is 17.6 Å². The van der Waals surface area contributed by atoms with Crippen molar-refractivity contribution in [1.82, 2.24) is 14.9 Å². The number of hydrogen-bond acceptors (Lipinski definition) is 3. The molecule has 0 spiro atoms. The van der Waals surface area contributed by atoms with Crippen molar-refractivity contribution >= 4 is 28.8 Å². The van der Waals surface area contributed by atoms with Gasteiger partial charge in [0.15, 0.2) is 0 Å². The molecule has 4 aromatic rings. The Kier molecular flexibility index (Phi) is 5.57. The van der Waals surface area contributed by atoms with E-state index >= 15 is 0 Å². The number of imidazole rings is 1. The fourth-order valence-electron chi connectivity index (χ4n) is 3.37. The first-order valence-corrected chi connectivity index (χ1v) is 9.84. The quantitative estimate of drug-likeness (QED) is 0.514. The van der Waals surface area contributed by atoms with Crippen molar-refractivity contribution in [1.29, 1.82) is 0 Å². The highest BCUT2D eigenvalue weighted by molar-refractivity contribution is 5.99. The molecule has 6 heteroatoms. The van der Waals surface area contributed by atoms with Crippen LogP contribution < -0.4 is 10.6 Å². The summed E-state index contributed by atoms with van der Waals surface area (Å²) in [5.74, 6) is -0.145. The molecule has 3 aromatic carbocycles. The molecule has 0 fully saturated rings. The Balaban J connectivity index is 1.38. The number of anilines is 1. The lowest BCUT2D eigenvalue weighted by Crippen LogP contribution is -2.33. The predicted molar refractivity (Wildman–Crippen MR) is 118 cm³/mol. The summed E-state index contributed by atoms with van der Waals surface area (Å²) >= 11 is 0. The first-order chi connectivity index (χ1) is 14.7. The second kappa shape index (κ2) is 8.61. The van der Waals surface area contributed by atoms with Crippen molar-refractivity contribution in [3.63, 3.8) is 0 Å². The highest BCUT2D eigenvalue weighted by Crippen LogP contribution is 2.20. The van der Waals surface area contributed by atoms with Gasteiger partial charge in [0.1, 0.15) is 0 Å². The van der Waals surface area contributed by atoms with Gasteiger partial charge >= 0.3 is 0 Å². The number of rotatable bonds is 6. The summed E-state index contributed by atoms with van der Waals surface area (Å²) < 4.78 is 1.93. The number of fused-ring (bicyclic) bond motifs is 1. The third kappa shape index (κ3) is 4.07. The molecule has 0 unspecified atom stereocenters. The molecule has 0 aliphatic heterocycles. The van der Waals surface area contributed by atoms with Crippen LogP contribution in [0.1, 0.15) is 17.3 Å². The van der Waals surface area contributed by atoms with Crippen LogP contribution in [0, 0.1) is 0 Å². The first-order valence-electron chi connectivity index (χ1n) is 9.84. The molecule has 4 rings (SSSR count). The van der Waals surface area contributed by atoms with Crippen LogP contribution in [0.25, 0.3) is 22.2 Å². The molecule has 30 heavy (non-hydrogen) atoms. The minimum absolute atomic E-state index is 0.133. The highest BCUT2D eigenvalue weighted by Gasteiger charge is 2.13. The van der Waals surface area contributed by atoms with Crippen LogP contribution in [0.2, 0.25) is 0 Å². The maximum Gasteiger partial charge on any atom is 0.251 e. The number of hydrogen-bond donors (Lipinski definition) is 2. The zero-order valence-corrected chi connectivity index (χ0v) is 16.6. The number of para-hydroxylation sites is 2. The number of amides is 2. The number of aryl methyl sites for hydroxylation is 1. The molecule has 2 N–H and O–H groups in total. The van der Waals surface area contributed by atoms with Gasteiger partial charge in [-0.05, 0) is 42.3 Å². The average Bonchev–Trinajstić information content (AvgIpc) is 3.15. The summed E-state index contributed by atoms with van der Waals surface area (Å²) in [6.07, 6.45) is 0. The number of benzene rings is 3. The minimum atomic E-state index is -0.325. The van der Waals surface area contributed by atoms with Crippen molar-refractivity contribution < 1.29 is 9.59 Å². The van der Waals surface area contributed by atoms with Crippen LogP contribution in [0.5, 0.6) is 0 Å². The Bertz CT molecular complexity index is 1180. The van der Waals surface area contributed by atoms with Crippen LogP contribution in [0.4, 0.5) is 5.95 Å². The molecule has 150 valence electrons. The molecule has 1 heterocycles. The Morgan fingerprint density at radius 3 is 2.27 bits per heavy atom. The summed E-state index contributed by atoms with van der Waals surface area (Å²) in [5, 5.41) is 5.45. The molecule has 0 bridgehead atoms. The molecule has 1 aromatic heterocycles. The van der Waals surface area contributed by atoms with E-state index in [0.717, 1.165) is 22.2 Å². The Morgan fingerprint density at radius 1 is 0.867 bits per heavy atom. The fraction of sp³-hybridized carbons (Fsp3) is 0.125. The van der Waals surface area contributed by atoms with Crippen LogP contribution in [0.3, 0.4) is 0 Å². The van der Waals surface area contributed by atoms with Gasteiger partial charge in [-0.3, -0.25) is 14.9 Å². The first kappa shape index (κ1) is 19.4. The van der Waals surface area contributed by atoms with Gasteiger partial charge in [0, 0.05) is 12.1 Å². The maximum absolute atomic E-state index is 12.4. The minimum Gasteiger partial charge on any atom is -0.343 e. The topological polar surface area (TPSA) is 76.0 Å². The fourth-order valence-corrected chi connectivity index (χ4v) is 3.37. The largest absolute Gasteiger partial charge is 0.343 e. The monoisotopic (exact) mass is 398 g/mol. The van der Waals surface area contributed by atoms with Crippen LogP contribution in [-0.4, -0.2) is 27.9 Å². The van der Waals surface area contributed by atoms with Gasteiger partial charge in [0.25, 0.3) is 5.91 Å². The Morgan fingerprint density at radius 2 is 1.53 bits per heavy atom. The summed E-state index contributed by atoms with van der Waals surface area (Å²) in [6.45, 7) is 2.53. The van der Waals surface area contributed by atoms with Gasteiger partial charge < -0.3 is 9.88 Å². The number of nitrogens with one attached hydrogen (secondary N) is 2. The van der Waals surface area contributed by atoms with Gasteiger partial charge in [-0.2, -0.15) is 0 Å². The molecule has 0 saturated heterocycles. The van der Waals surface area contributed by atoms with Crippen molar-refractivity contribution in [2.24, 2.45) is 0 Å². The zero-order valence-electron chi connectivity index (χ0n) is 16.6. The van der Waals surface area contributed by atoms with E-state index in [1.165, 1.54) is 0 Å². The third-order valence-corrected chi connectivity index (χ3v) is 4.89. The second-order valence-corrected chi connectivity index (χ2v) is 6.84. The van der Waals surface area contributed by atoms with E-state index in [1.54, 1.807) is 12.1 Å². The molecular weight excluding hydrogens is 376 g/mol. The maximum atomic E-state index is 12.4. The molecule has 6 nitrogen and oxygen atoms in total. The van der Waals surface area contributed by atoms with Gasteiger partial charge in [-0.25, -0.2) is 4.98 Å². The summed E-state index contributed by atoms with van der Waals surface area (Å²) in [6, 6.07) is 25.0. The summed E-state index contributed by atoms with van der Waals surface area (Å²) in [5.41, 5.74) is 4.39. The van der Waals surface area contributed by atoms with Crippen molar-refractivity contribution in [2.45, 2.75) is 13.5 Å². The normalized spacial score (nSPS) is 10.7. The second-order valence-electron chi connectivity index (χ2n) is 6.84. The van der Waals surface area contributed by atoms with E-state index in [0.29, 0.717) is 18.1 Å². The molecule has 0 saturated carbocycles. The van der Waals surface area contributed by atoms with E-state index in [9.17, 15) is 9.59 Å². The highest BCUT2D eigenvalue weighted by atomic mass is 16.2. The number of carbonyl (C=O) groups is 2. The van der Waals surface area contributed by atoms with E-state index in [2.05, 4.69) is 15.6 Å². The van der Waals surface area contributed by atoms with E-state index < -0.39 is 0 Å². The predicted octanol–water partition coefficient (Wildman–Crippen LogP) is 4.09. The average molecular weight is 398 g/mol. The van der Waals surface area contributed by atoms with Gasteiger partial charge in [0.2, 0.25) is 11.9 Å². The van der Waals surface area contributed by atoms with Crippen LogP contribution in [-0.2, 0) is 11.3 Å². The molecule has 0 aliphatic rings. The van der Waals surface area contributed by atoms with Crippen molar-refractivity contribution in [3.05, 3.63) is 84.4 Å². The van der Waals surface area contributed by atoms with Gasteiger partial charge in [-0.1, -0.05) is 54.6 Å². The van der Waals surface area contributed by atoms with Crippen molar-refractivity contribution in [2.75, 3.05) is 11.9 Å². The Labute approximate surface area is 174 Å². The van der Waals surface area contributed by atoms with Crippen molar-refractivity contribution in [3.8, 4) is 11.1 Å². The molecule has 2 amide bonds. The lowest BCUT2D eigenvalue weighted by atomic mass is 10.0. The number of carbonyl (C=O) groups excluding carboxylic acids is 2. The van der Waals surface area contributed by atoms with E-state index in [4.69, 9.17) is 0 Å². The van der Waals surface area contributed by atoms with E-state index in [1.807, 2.05) is 78.2 Å². The summed E-state index contributed by atoms with van der Waals surface area (Å²) in [4.78, 5) is 29.2. The molecular formula is C24H22N4O2.